The normalized spacial score (nSPS) is 15.1. The Hall–Kier alpha value is -2.31. The maximum Gasteiger partial charge on any atom is 0.234 e. The Morgan fingerprint density at radius 2 is 2.27 bits per heavy atom. The van der Waals surface area contributed by atoms with Crippen LogP contribution in [0.2, 0.25) is 0 Å². The molecule has 140 valence electrons. The molecule has 0 aliphatic carbocycles. The van der Waals surface area contributed by atoms with E-state index in [9.17, 15) is 4.79 Å². The maximum atomic E-state index is 12.0. The first-order valence-electron chi connectivity index (χ1n) is 9.12. The first-order valence-corrected chi connectivity index (χ1v) is 9.12. The molecule has 0 saturated carbocycles. The standard InChI is InChI=1S/C20H27N3O3/c1-3-26-11-8-21-20(24)14-23-9-6-15(7-10-23)18-13-22-19-5-4-16(25-2)12-17(18)19/h4-6,12-13,22H,3,7-11,14H2,1-2H3,(H,21,24). The number of fused-ring (bicyclic) bond motifs is 1. The topological polar surface area (TPSA) is 66.6 Å². The van der Waals surface area contributed by atoms with Crippen molar-refractivity contribution >= 4 is 22.4 Å². The molecular weight excluding hydrogens is 330 g/mol. The van der Waals surface area contributed by atoms with Crippen molar-refractivity contribution in [2.75, 3.05) is 46.5 Å². The van der Waals surface area contributed by atoms with Crippen LogP contribution in [0, 0.1) is 0 Å². The van der Waals surface area contributed by atoms with Gasteiger partial charge in [0, 0.05) is 48.9 Å². The second-order valence-electron chi connectivity index (χ2n) is 6.38. The minimum atomic E-state index is 0.0541. The van der Waals surface area contributed by atoms with E-state index >= 15 is 0 Å². The van der Waals surface area contributed by atoms with Crippen LogP contribution in [-0.4, -0.2) is 62.3 Å². The van der Waals surface area contributed by atoms with E-state index in [1.165, 1.54) is 16.5 Å². The molecule has 1 aliphatic heterocycles. The van der Waals surface area contributed by atoms with Gasteiger partial charge in [0.1, 0.15) is 5.75 Å². The number of nitrogens with one attached hydrogen (secondary N) is 2. The summed E-state index contributed by atoms with van der Waals surface area (Å²) in [6.45, 7) is 5.84. The molecule has 1 aliphatic rings. The summed E-state index contributed by atoms with van der Waals surface area (Å²) in [6.07, 6.45) is 5.21. The van der Waals surface area contributed by atoms with Crippen LogP contribution in [0.3, 0.4) is 0 Å². The van der Waals surface area contributed by atoms with Crippen molar-refractivity contribution in [1.82, 2.24) is 15.2 Å². The molecule has 2 aromatic rings. The van der Waals surface area contributed by atoms with Crippen molar-refractivity contribution < 1.29 is 14.3 Å². The van der Waals surface area contributed by atoms with Crippen LogP contribution < -0.4 is 10.1 Å². The Morgan fingerprint density at radius 1 is 1.38 bits per heavy atom. The van der Waals surface area contributed by atoms with E-state index in [1.54, 1.807) is 7.11 Å². The fourth-order valence-electron chi connectivity index (χ4n) is 3.26. The largest absolute Gasteiger partial charge is 0.497 e. The van der Waals surface area contributed by atoms with Crippen molar-refractivity contribution in [2.24, 2.45) is 0 Å². The minimum absolute atomic E-state index is 0.0541. The van der Waals surface area contributed by atoms with Gasteiger partial charge in [-0.2, -0.15) is 0 Å². The Labute approximate surface area is 154 Å². The van der Waals surface area contributed by atoms with Crippen molar-refractivity contribution in [3.8, 4) is 5.75 Å². The quantitative estimate of drug-likeness (QED) is 0.712. The van der Waals surface area contributed by atoms with Crippen molar-refractivity contribution in [3.63, 3.8) is 0 Å². The summed E-state index contributed by atoms with van der Waals surface area (Å²) in [4.78, 5) is 17.5. The van der Waals surface area contributed by atoms with Crippen molar-refractivity contribution in [2.45, 2.75) is 13.3 Å². The molecule has 0 fully saturated rings. The first-order chi connectivity index (χ1) is 12.7. The van der Waals surface area contributed by atoms with Gasteiger partial charge in [0.25, 0.3) is 0 Å². The molecule has 0 bridgehead atoms. The monoisotopic (exact) mass is 357 g/mol. The second kappa shape index (κ2) is 8.87. The minimum Gasteiger partial charge on any atom is -0.497 e. The van der Waals surface area contributed by atoms with E-state index in [0.717, 1.165) is 30.8 Å². The van der Waals surface area contributed by atoms with E-state index < -0.39 is 0 Å². The summed E-state index contributed by atoms with van der Waals surface area (Å²) in [5.41, 5.74) is 3.65. The average molecular weight is 357 g/mol. The van der Waals surface area contributed by atoms with Gasteiger partial charge in [0.15, 0.2) is 0 Å². The highest BCUT2D eigenvalue weighted by molar-refractivity contribution is 5.93. The molecule has 0 saturated heterocycles. The summed E-state index contributed by atoms with van der Waals surface area (Å²) in [6, 6.07) is 6.07. The molecular formula is C20H27N3O3. The predicted molar refractivity (Wildman–Crippen MR) is 103 cm³/mol. The van der Waals surface area contributed by atoms with Gasteiger partial charge < -0.3 is 19.8 Å². The van der Waals surface area contributed by atoms with Gasteiger partial charge in [-0.25, -0.2) is 0 Å². The van der Waals surface area contributed by atoms with Crippen LogP contribution in [0.25, 0.3) is 16.5 Å². The van der Waals surface area contributed by atoms with E-state index in [0.29, 0.717) is 26.3 Å². The highest BCUT2D eigenvalue weighted by Crippen LogP contribution is 2.31. The summed E-state index contributed by atoms with van der Waals surface area (Å²) in [5, 5.41) is 4.07. The number of benzene rings is 1. The highest BCUT2D eigenvalue weighted by atomic mass is 16.5. The number of rotatable bonds is 8. The Bertz CT molecular complexity index is 782. The van der Waals surface area contributed by atoms with Gasteiger partial charge in [-0.15, -0.1) is 0 Å². The third-order valence-electron chi connectivity index (χ3n) is 4.67. The van der Waals surface area contributed by atoms with Gasteiger partial charge in [-0.3, -0.25) is 9.69 Å². The molecule has 0 unspecified atom stereocenters. The number of hydrogen-bond acceptors (Lipinski definition) is 4. The zero-order valence-electron chi connectivity index (χ0n) is 15.5. The fourth-order valence-corrected chi connectivity index (χ4v) is 3.26. The van der Waals surface area contributed by atoms with Gasteiger partial charge >= 0.3 is 0 Å². The zero-order valence-corrected chi connectivity index (χ0v) is 15.5. The van der Waals surface area contributed by atoms with Crippen LogP contribution in [0.5, 0.6) is 5.75 Å². The number of ether oxygens (including phenoxy) is 2. The number of methoxy groups -OCH3 is 1. The molecule has 2 N–H and O–H groups in total. The first kappa shape index (κ1) is 18.5. The Balaban J connectivity index is 1.59. The number of amides is 1. The van der Waals surface area contributed by atoms with Gasteiger partial charge in [-0.1, -0.05) is 6.08 Å². The second-order valence-corrected chi connectivity index (χ2v) is 6.38. The van der Waals surface area contributed by atoms with Gasteiger partial charge in [-0.05, 0) is 37.1 Å². The smallest absolute Gasteiger partial charge is 0.234 e. The fraction of sp³-hybridized carbons (Fsp3) is 0.450. The number of H-pyrrole nitrogens is 1. The average Bonchev–Trinajstić information content (AvgIpc) is 3.09. The van der Waals surface area contributed by atoms with E-state index in [2.05, 4.69) is 33.5 Å². The Morgan fingerprint density at radius 3 is 3.00 bits per heavy atom. The number of aromatic nitrogens is 1. The lowest BCUT2D eigenvalue weighted by atomic mass is 9.99. The van der Waals surface area contributed by atoms with E-state index in [1.807, 2.05) is 19.1 Å². The predicted octanol–water partition coefficient (Wildman–Crippen LogP) is 2.42. The lowest BCUT2D eigenvalue weighted by Crippen LogP contribution is -2.40. The molecule has 2 heterocycles. The molecule has 0 spiro atoms. The number of carbonyl (C=O) groups excluding carboxylic acids is 1. The molecule has 6 nitrogen and oxygen atoms in total. The Kier molecular flexibility index (Phi) is 6.30. The van der Waals surface area contributed by atoms with Gasteiger partial charge in [0.05, 0.1) is 20.3 Å². The molecule has 0 atom stereocenters. The molecule has 1 amide bonds. The highest BCUT2D eigenvalue weighted by Gasteiger charge is 2.17. The van der Waals surface area contributed by atoms with E-state index in [-0.39, 0.29) is 5.91 Å². The SMILES string of the molecule is CCOCCNC(=O)CN1CC=C(c2c[nH]c3ccc(OC)cc23)CC1. The van der Waals surface area contributed by atoms with Crippen LogP contribution >= 0.6 is 0 Å². The number of carbonyl (C=O) groups is 1. The summed E-state index contributed by atoms with van der Waals surface area (Å²) < 4.78 is 10.6. The van der Waals surface area contributed by atoms with Crippen molar-refractivity contribution in [3.05, 3.63) is 36.0 Å². The van der Waals surface area contributed by atoms with E-state index in [4.69, 9.17) is 9.47 Å². The summed E-state index contributed by atoms with van der Waals surface area (Å²) >= 11 is 0. The molecule has 1 aromatic carbocycles. The molecule has 0 radical (unpaired) electrons. The lowest BCUT2D eigenvalue weighted by Gasteiger charge is -2.25. The van der Waals surface area contributed by atoms with Crippen LogP contribution in [0.15, 0.2) is 30.5 Å². The summed E-state index contributed by atoms with van der Waals surface area (Å²) in [7, 11) is 1.69. The van der Waals surface area contributed by atoms with Crippen LogP contribution in [-0.2, 0) is 9.53 Å². The number of nitrogens with zero attached hydrogens (tertiary/aromatic N) is 1. The zero-order chi connectivity index (χ0) is 18.4. The van der Waals surface area contributed by atoms with Crippen LogP contribution in [0.4, 0.5) is 0 Å². The van der Waals surface area contributed by atoms with Gasteiger partial charge in [0.2, 0.25) is 5.91 Å². The third-order valence-corrected chi connectivity index (χ3v) is 4.67. The third kappa shape index (κ3) is 4.45. The summed E-state index contributed by atoms with van der Waals surface area (Å²) in [5.74, 6) is 0.915. The molecule has 26 heavy (non-hydrogen) atoms. The maximum absolute atomic E-state index is 12.0. The van der Waals surface area contributed by atoms with Crippen LogP contribution in [0.1, 0.15) is 18.9 Å². The number of hydrogen-bond donors (Lipinski definition) is 2. The molecule has 3 rings (SSSR count). The lowest BCUT2D eigenvalue weighted by molar-refractivity contribution is -0.122. The molecule has 1 aromatic heterocycles. The van der Waals surface area contributed by atoms with Crippen molar-refractivity contribution in [1.29, 1.82) is 0 Å². The molecule has 6 heteroatoms. The number of aromatic amines is 1.